The number of carbonyl (C=O) groups is 1. The number of nitrogens with zero attached hydrogens (tertiary/aromatic N) is 5. The number of hydrogen-bond donors (Lipinski definition) is 0. The largest absolute Gasteiger partial charge is 0.493 e. The van der Waals surface area contributed by atoms with E-state index < -0.39 is 0 Å². The molecular weight excluding hydrogens is 466 g/mol. The minimum atomic E-state index is -0.176. The van der Waals surface area contributed by atoms with Crippen LogP contribution in [0.5, 0.6) is 5.75 Å². The van der Waals surface area contributed by atoms with Crippen molar-refractivity contribution in [3.63, 3.8) is 0 Å². The maximum Gasteiger partial charge on any atom is 0.236 e. The molecule has 1 amide bonds. The Labute approximate surface area is 208 Å². The SMILES string of the molecule is COCCN(CCOC)C(=O)C1CC=C(c2ccc3nnc(Cc4ccc5c(c4)CCO5)n3n2)S1. The first-order valence-corrected chi connectivity index (χ1v) is 12.6. The van der Waals surface area contributed by atoms with Crippen LogP contribution in [0, 0.1) is 0 Å². The highest BCUT2D eigenvalue weighted by Gasteiger charge is 2.30. The first-order valence-electron chi connectivity index (χ1n) is 11.8. The van der Waals surface area contributed by atoms with Crippen LogP contribution in [0.25, 0.3) is 10.6 Å². The quantitative estimate of drug-likeness (QED) is 0.424. The van der Waals surface area contributed by atoms with Crippen LogP contribution in [0.4, 0.5) is 0 Å². The predicted octanol–water partition coefficient (Wildman–Crippen LogP) is 2.62. The maximum absolute atomic E-state index is 13.1. The van der Waals surface area contributed by atoms with E-state index in [1.807, 2.05) is 23.1 Å². The summed E-state index contributed by atoms with van der Waals surface area (Å²) in [6.07, 6.45) is 4.33. The molecule has 0 N–H and O–H groups in total. The normalized spacial score (nSPS) is 16.9. The Morgan fingerprint density at radius 1 is 1.17 bits per heavy atom. The summed E-state index contributed by atoms with van der Waals surface area (Å²) in [7, 11) is 3.28. The van der Waals surface area contributed by atoms with Crippen molar-refractivity contribution in [2.45, 2.75) is 24.5 Å². The molecule has 0 saturated carbocycles. The average molecular weight is 496 g/mol. The molecule has 1 atom stereocenters. The van der Waals surface area contributed by atoms with Crippen molar-refractivity contribution in [2.75, 3.05) is 47.1 Å². The van der Waals surface area contributed by atoms with Crippen LogP contribution >= 0.6 is 11.8 Å². The number of rotatable bonds is 10. The Kier molecular flexibility index (Phi) is 7.31. The molecule has 3 aromatic rings. The Hall–Kier alpha value is -2.95. The molecule has 2 aromatic heterocycles. The number of aromatic nitrogens is 4. The number of amides is 1. The molecule has 35 heavy (non-hydrogen) atoms. The lowest BCUT2D eigenvalue weighted by Crippen LogP contribution is -2.41. The summed E-state index contributed by atoms with van der Waals surface area (Å²) >= 11 is 1.56. The van der Waals surface area contributed by atoms with Gasteiger partial charge in [0.1, 0.15) is 5.75 Å². The highest BCUT2D eigenvalue weighted by Crippen LogP contribution is 2.39. The summed E-state index contributed by atoms with van der Waals surface area (Å²) in [6, 6.07) is 10.1. The molecular formula is C25H29N5O4S. The average Bonchev–Trinajstić information content (AvgIpc) is 3.63. The van der Waals surface area contributed by atoms with E-state index in [-0.39, 0.29) is 11.2 Å². The van der Waals surface area contributed by atoms with E-state index in [4.69, 9.17) is 19.3 Å². The van der Waals surface area contributed by atoms with Crippen LogP contribution in [0.3, 0.4) is 0 Å². The Bertz CT molecular complexity index is 1240. The molecule has 1 unspecified atom stereocenters. The van der Waals surface area contributed by atoms with Gasteiger partial charge in [-0.3, -0.25) is 4.79 Å². The first-order chi connectivity index (χ1) is 17.2. The predicted molar refractivity (Wildman–Crippen MR) is 134 cm³/mol. The van der Waals surface area contributed by atoms with Crippen LogP contribution in [0.1, 0.15) is 29.1 Å². The van der Waals surface area contributed by atoms with Crippen molar-refractivity contribution < 1.29 is 19.0 Å². The van der Waals surface area contributed by atoms with Crippen molar-refractivity contribution in [3.8, 4) is 5.75 Å². The number of carbonyl (C=O) groups excluding carboxylic acids is 1. The number of benzene rings is 1. The molecule has 184 valence electrons. The molecule has 0 radical (unpaired) electrons. The Balaban J connectivity index is 1.30. The topological polar surface area (TPSA) is 91.1 Å². The monoisotopic (exact) mass is 495 g/mol. The van der Waals surface area contributed by atoms with Crippen molar-refractivity contribution >= 4 is 28.2 Å². The summed E-state index contributed by atoms with van der Waals surface area (Å²) in [4.78, 5) is 16.0. The van der Waals surface area contributed by atoms with Crippen LogP contribution in [0.15, 0.2) is 36.4 Å². The van der Waals surface area contributed by atoms with Crippen molar-refractivity contribution in [2.24, 2.45) is 0 Å². The molecule has 0 spiro atoms. The van der Waals surface area contributed by atoms with Gasteiger partial charge in [0.15, 0.2) is 11.5 Å². The zero-order chi connectivity index (χ0) is 24.2. The van der Waals surface area contributed by atoms with Gasteiger partial charge in [0.25, 0.3) is 0 Å². The fourth-order valence-corrected chi connectivity index (χ4v) is 5.50. The fraction of sp³-hybridized carbons (Fsp3) is 0.440. The van der Waals surface area contributed by atoms with Gasteiger partial charge in [-0.1, -0.05) is 18.2 Å². The smallest absolute Gasteiger partial charge is 0.236 e. The van der Waals surface area contributed by atoms with E-state index in [1.165, 1.54) is 5.56 Å². The molecule has 5 rings (SSSR count). The van der Waals surface area contributed by atoms with Crippen molar-refractivity contribution in [3.05, 3.63) is 59.1 Å². The summed E-state index contributed by atoms with van der Waals surface area (Å²) in [5, 5.41) is 13.3. The summed E-state index contributed by atoms with van der Waals surface area (Å²) in [5.41, 5.74) is 3.91. The lowest BCUT2D eigenvalue weighted by molar-refractivity contribution is -0.131. The van der Waals surface area contributed by atoms with Gasteiger partial charge < -0.3 is 19.1 Å². The molecule has 0 fully saturated rings. The zero-order valence-corrected chi connectivity index (χ0v) is 20.8. The maximum atomic E-state index is 13.1. The van der Waals surface area contributed by atoms with E-state index in [1.54, 1.807) is 30.5 Å². The van der Waals surface area contributed by atoms with Gasteiger partial charge in [0, 0.05) is 45.1 Å². The second-order valence-corrected chi connectivity index (χ2v) is 9.79. The van der Waals surface area contributed by atoms with Gasteiger partial charge in [-0.15, -0.1) is 22.0 Å². The number of ether oxygens (including phenoxy) is 3. The molecule has 0 bridgehead atoms. The van der Waals surface area contributed by atoms with Gasteiger partial charge in [-0.05, 0) is 35.7 Å². The first kappa shape index (κ1) is 23.8. The van der Waals surface area contributed by atoms with Crippen molar-refractivity contribution in [1.82, 2.24) is 24.7 Å². The van der Waals surface area contributed by atoms with E-state index >= 15 is 0 Å². The van der Waals surface area contributed by atoms with E-state index in [0.29, 0.717) is 44.8 Å². The van der Waals surface area contributed by atoms with Gasteiger partial charge in [-0.25, -0.2) is 0 Å². The minimum Gasteiger partial charge on any atom is -0.493 e. The summed E-state index contributed by atoms with van der Waals surface area (Å²) < 4.78 is 17.8. The third-order valence-electron chi connectivity index (χ3n) is 6.20. The standard InChI is InChI=1S/C25H29N5O4S/c1-32-13-10-29(11-14-33-2)25(31)22-7-6-21(35-22)19-4-8-23-26-27-24(30(23)28-19)16-17-3-5-20-18(15-17)9-12-34-20/h3-6,8,15,22H,7,9-14,16H2,1-2H3. The van der Waals surface area contributed by atoms with Crippen molar-refractivity contribution in [1.29, 1.82) is 0 Å². The van der Waals surface area contributed by atoms with Gasteiger partial charge >= 0.3 is 0 Å². The second kappa shape index (κ2) is 10.8. The number of thioether (sulfide) groups is 1. The van der Waals surface area contributed by atoms with Crippen LogP contribution in [0.2, 0.25) is 0 Å². The number of fused-ring (bicyclic) bond motifs is 2. The Morgan fingerprint density at radius 2 is 2.00 bits per heavy atom. The van der Waals surface area contributed by atoms with E-state index in [2.05, 4.69) is 28.4 Å². The molecule has 9 nitrogen and oxygen atoms in total. The Morgan fingerprint density at radius 3 is 2.80 bits per heavy atom. The summed E-state index contributed by atoms with van der Waals surface area (Å²) in [5.74, 6) is 1.85. The highest BCUT2D eigenvalue weighted by atomic mass is 32.2. The third-order valence-corrected chi connectivity index (χ3v) is 7.51. The van der Waals surface area contributed by atoms with Gasteiger partial charge in [0.05, 0.1) is 30.8 Å². The van der Waals surface area contributed by atoms with E-state index in [0.717, 1.165) is 40.8 Å². The zero-order valence-electron chi connectivity index (χ0n) is 20.0. The summed E-state index contributed by atoms with van der Waals surface area (Å²) in [6.45, 7) is 2.84. The molecule has 1 aromatic carbocycles. The number of methoxy groups -OCH3 is 2. The van der Waals surface area contributed by atoms with Gasteiger partial charge in [-0.2, -0.15) is 9.61 Å². The molecule has 4 heterocycles. The molecule has 0 aliphatic carbocycles. The fourth-order valence-electron chi connectivity index (χ4n) is 4.33. The third kappa shape index (κ3) is 5.19. The van der Waals surface area contributed by atoms with E-state index in [9.17, 15) is 4.79 Å². The molecule has 10 heteroatoms. The van der Waals surface area contributed by atoms with Gasteiger partial charge in [0.2, 0.25) is 5.91 Å². The molecule has 0 saturated heterocycles. The molecule has 2 aliphatic rings. The van der Waals surface area contributed by atoms with Crippen LogP contribution < -0.4 is 4.74 Å². The van der Waals surface area contributed by atoms with Crippen LogP contribution in [-0.4, -0.2) is 83.0 Å². The van der Waals surface area contributed by atoms with Crippen LogP contribution in [-0.2, 0) is 27.1 Å². The number of allylic oxidation sites excluding steroid dienone is 1. The molecule has 2 aliphatic heterocycles. The highest BCUT2D eigenvalue weighted by molar-refractivity contribution is 8.09. The second-order valence-electron chi connectivity index (χ2n) is 8.54. The lowest BCUT2D eigenvalue weighted by atomic mass is 10.1. The lowest BCUT2D eigenvalue weighted by Gasteiger charge is -2.25. The minimum absolute atomic E-state index is 0.0991. The number of hydrogen-bond acceptors (Lipinski definition) is 8.